The van der Waals surface area contributed by atoms with Gasteiger partial charge in [-0.25, -0.2) is 5.84 Å². The summed E-state index contributed by atoms with van der Waals surface area (Å²) in [7, 11) is 0. The van der Waals surface area contributed by atoms with Crippen molar-refractivity contribution < 1.29 is 0 Å². The molecule has 0 aliphatic heterocycles. The quantitative estimate of drug-likeness (QED) is 0.661. The van der Waals surface area contributed by atoms with Crippen molar-refractivity contribution in [2.75, 3.05) is 0 Å². The maximum Gasteiger partial charge on any atom is 0.0874 e. The molecule has 4 heteroatoms. The summed E-state index contributed by atoms with van der Waals surface area (Å²) >= 11 is 0. The molecule has 0 aromatic carbocycles. The van der Waals surface area contributed by atoms with Gasteiger partial charge in [0.25, 0.3) is 0 Å². The summed E-state index contributed by atoms with van der Waals surface area (Å²) in [6.07, 6.45) is 11.7. The second-order valence-corrected chi connectivity index (χ2v) is 7.35. The number of pyridine rings is 1. The summed E-state index contributed by atoms with van der Waals surface area (Å²) in [5.74, 6) is 9.10. The summed E-state index contributed by atoms with van der Waals surface area (Å²) in [6, 6.07) is 5.78. The highest BCUT2D eigenvalue weighted by Gasteiger charge is 2.52. The van der Waals surface area contributed by atoms with Crippen molar-refractivity contribution in [3.8, 4) is 0 Å². The zero-order valence-corrected chi connectivity index (χ0v) is 12.4. The predicted molar refractivity (Wildman–Crippen MR) is 83.3 cm³/mol. The molecule has 0 spiro atoms. The number of hydrogen-bond donors (Lipinski definition) is 2. The second-order valence-electron chi connectivity index (χ2n) is 7.35. The molecule has 21 heavy (non-hydrogen) atoms. The Kier molecular flexibility index (Phi) is 2.96. The van der Waals surface area contributed by atoms with Gasteiger partial charge >= 0.3 is 0 Å². The van der Waals surface area contributed by atoms with E-state index in [1.165, 1.54) is 38.5 Å². The maximum absolute atomic E-state index is 6.46. The summed E-state index contributed by atoms with van der Waals surface area (Å²) in [5.41, 5.74) is 7.80. The molecule has 0 unspecified atom stereocenters. The van der Waals surface area contributed by atoms with Gasteiger partial charge in [-0.15, -0.1) is 0 Å². The first kappa shape index (κ1) is 13.1. The summed E-state index contributed by atoms with van der Waals surface area (Å²) in [4.78, 5) is 4.30. The van der Waals surface area contributed by atoms with Crippen molar-refractivity contribution in [1.29, 1.82) is 0 Å². The van der Waals surface area contributed by atoms with E-state index in [9.17, 15) is 0 Å². The first-order chi connectivity index (χ1) is 10.1. The fourth-order valence-corrected chi connectivity index (χ4v) is 5.27. The average Bonchev–Trinajstić information content (AvgIpc) is 2.46. The Bertz CT molecular complexity index is 516. The van der Waals surface area contributed by atoms with E-state index < -0.39 is 0 Å². The summed E-state index contributed by atoms with van der Waals surface area (Å²) in [5, 5.41) is 1.93. The molecule has 4 fully saturated rings. The second kappa shape index (κ2) is 4.73. The van der Waals surface area contributed by atoms with E-state index >= 15 is 0 Å². The van der Waals surface area contributed by atoms with E-state index in [-0.39, 0.29) is 5.54 Å². The smallest absolute Gasteiger partial charge is 0.0874 e. The molecular weight excluding hydrogens is 260 g/mol. The number of hydrazine groups is 1. The monoisotopic (exact) mass is 284 g/mol. The third kappa shape index (κ3) is 2.22. The van der Waals surface area contributed by atoms with E-state index in [4.69, 9.17) is 11.6 Å². The number of nitrogens with two attached hydrogens (primary N) is 2. The highest BCUT2D eigenvalue weighted by molar-refractivity contribution is 5.58. The van der Waals surface area contributed by atoms with Crippen molar-refractivity contribution in [2.45, 2.75) is 44.1 Å². The standard InChI is InChI=1S/C17H24N4/c18-15(16-3-1-2-4-20-16)11-21(19)17-8-12-5-13(9-17)7-14(6-12)10-17/h1-4,11-14H,5-10,18-19H2/b15-11-. The van der Waals surface area contributed by atoms with Gasteiger partial charge in [-0.05, 0) is 68.4 Å². The third-order valence-electron chi connectivity index (χ3n) is 5.79. The highest BCUT2D eigenvalue weighted by atomic mass is 15.4. The summed E-state index contributed by atoms with van der Waals surface area (Å²) in [6.45, 7) is 0. The minimum atomic E-state index is 0.147. The molecule has 4 saturated carbocycles. The molecule has 4 aliphatic rings. The molecular formula is C17H24N4. The van der Waals surface area contributed by atoms with E-state index in [2.05, 4.69) is 4.98 Å². The van der Waals surface area contributed by atoms with Crippen molar-refractivity contribution >= 4 is 5.70 Å². The highest BCUT2D eigenvalue weighted by Crippen LogP contribution is 2.57. The normalized spacial score (nSPS) is 37.8. The lowest BCUT2D eigenvalue weighted by Crippen LogP contribution is -2.60. The lowest BCUT2D eigenvalue weighted by molar-refractivity contribution is -0.0711. The molecule has 5 rings (SSSR count). The molecule has 0 saturated heterocycles. The summed E-state index contributed by atoms with van der Waals surface area (Å²) < 4.78 is 0. The van der Waals surface area contributed by atoms with Gasteiger partial charge in [0.05, 0.1) is 16.9 Å². The van der Waals surface area contributed by atoms with Gasteiger partial charge in [-0.1, -0.05) is 6.07 Å². The van der Waals surface area contributed by atoms with Gasteiger partial charge in [-0.3, -0.25) is 4.98 Å². The Morgan fingerprint density at radius 1 is 1.14 bits per heavy atom. The fraction of sp³-hybridized carbons (Fsp3) is 0.588. The van der Waals surface area contributed by atoms with Crippen molar-refractivity contribution in [3.63, 3.8) is 0 Å². The number of nitrogens with zero attached hydrogens (tertiary/aromatic N) is 2. The Morgan fingerprint density at radius 3 is 2.29 bits per heavy atom. The van der Waals surface area contributed by atoms with E-state index in [0.717, 1.165) is 23.4 Å². The number of rotatable bonds is 3. The van der Waals surface area contributed by atoms with Gasteiger partial charge in [0.2, 0.25) is 0 Å². The lowest BCUT2D eigenvalue weighted by atomic mass is 9.53. The minimum Gasteiger partial charge on any atom is -0.396 e. The van der Waals surface area contributed by atoms with Crippen LogP contribution in [0.1, 0.15) is 44.2 Å². The van der Waals surface area contributed by atoms with Crippen LogP contribution in [0.3, 0.4) is 0 Å². The van der Waals surface area contributed by atoms with Crippen LogP contribution in [0.15, 0.2) is 30.6 Å². The molecule has 1 aromatic rings. The molecule has 4 aliphatic carbocycles. The maximum atomic E-state index is 6.46. The Balaban J connectivity index is 1.59. The number of hydrogen-bond acceptors (Lipinski definition) is 4. The first-order valence-corrected chi connectivity index (χ1v) is 8.07. The minimum absolute atomic E-state index is 0.147. The van der Waals surface area contributed by atoms with Crippen molar-refractivity contribution in [1.82, 2.24) is 9.99 Å². The molecule has 1 aromatic heterocycles. The molecule has 4 N–H and O–H groups in total. The van der Waals surface area contributed by atoms with Gasteiger partial charge in [0.1, 0.15) is 0 Å². The van der Waals surface area contributed by atoms with Crippen LogP contribution in [-0.4, -0.2) is 15.5 Å². The lowest BCUT2D eigenvalue weighted by Gasteiger charge is -2.59. The van der Waals surface area contributed by atoms with Crippen LogP contribution in [0.5, 0.6) is 0 Å². The SMILES string of the molecule is N/C(=C\N(N)C12CC3CC(CC(C3)C1)C2)c1ccccn1. The number of aromatic nitrogens is 1. The first-order valence-electron chi connectivity index (χ1n) is 8.07. The zero-order chi connectivity index (χ0) is 14.4. The molecule has 0 amide bonds. The third-order valence-corrected chi connectivity index (χ3v) is 5.79. The van der Waals surface area contributed by atoms with Crippen LogP contribution in [0.2, 0.25) is 0 Å². The largest absolute Gasteiger partial charge is 0.396 e. The molecule has 112 valence electrons. The van der Waals surface area contributed by atoms with E-state index in [0.29, 0.717) is 5.70 Å². The average molecular weight is 284 g/mol. The van der Waals surface area contributed by atoms with Crippen LogP contribution >= 0.6 is 0 Å². The molecule has 1 heterocycles. The van der Waals surface area contributed by atoms with Crippen LogP contribution < -0.4 is 11.6 Å². The Hall–Kier alpha value is -1.55. The van der Waals surface area contributed by atoms with E-state index in [1.807, 2.05) is 29.4 Å². The Morgan fingerprint density at radius 2 is 1.76 bits per heavy atom. The van der Waals surface area contributed by atoms with Gasteiger partial charge in [0.15, 0.2) is 0 Å². The molecule has 4 bridgehead atoms. The van der Waals surface area contributed by atoms with Crippen molar-refractivity contribution in [3.05, 3.63) is 36.3 Å². The van der Waals surface area contributed by atoms with Crippen LogP contribution in [0.4, 0.5) is 0 Å². The zero-order valence-electron chi connectivity index (χ0n) is 12.4. The molecule has 4 nitrogen and oxygen atoms in total. The molecule has 0 atom stereocenters. The topological polar surface area (TPSA) is 68.2 Å². The predicted octanol–water partition coefficient (Wildman–Crippen LogP) is 2.48. The Labute approximate surface area is 126 Å². The molecule has 0 radical (unpaired) electrons. The van der Waals surface area contributed by atoms with E-state index in [1.54, 1.807) is 6.20 Å². The van der Waals surface area contributed by atoms with Gasteiger partial charge < -0.3 is 10.7 Å². The van der Waals surface area contributed by atoms with Crippen LogP contribution in [-0.2, 0) is 0 Å². The van der Waals surface area contributed by atoms with Crippen LogP contribution in [0.25, 0.3) is 5.70 Å². The van der Waals surface area contributed by atoms with Crippen molar-refractivity contribution in [2.24, 2.45) is 29.3 Å². The van der Waals surface area contributed by atoms with Gasteiger partial charge in [-0.2, -0.15) is 0 Å². The van der Waals surface area contributed by atoms with Gasteiger partial charge in [0, 0.05) is 12.4 Å². The fourth-order valence-electron chi connectivity index (χ4n) is 5.27. The van der Waals surface area contributed by atoms with Crippen LogP contribution in [0, 0.1) is 17.8 Å².